The molecule has 4 rings (SSSR count). The fraction of sp³-hybridized carbons (Fsp3) is 0.304. The Bertz CT molecular complexity index is 1030. The monoisotopic (exact) mass is 538 g/mol. The summed E-state index contributed by atoms with van der Waals surface area (Å²) in [7, 11) is 0. The van der Waals surface area contributed by atoms with Crippen LogP contribution in [-0.2, 0) is 6.18 Å². The van der Waals surface area contributed by atoms with Gasteiger partial charge >= 0.3 is 6.18 Å². The van der Waals surface area contributed by atoms with Gasteiger partial charge in [0.25, 0.3) is 0 Å². The normalized spacial score (nSPS) is 15.0. The first kappa shape index (κ1) is 21.9. The highest BCUT2D eigenvalue weighted by atomic mass is 127. The van der Waals surface area contributed by atoms with Crippen LogP contribution in [0.4, 0.5) is 36.3 Å². The minimum atomic E-state index is -4.57. The highest BCUT2D eigenvalue weighted by molar-refractivity contribution is 14.1. The zero-order valence-electron chi connectivity index (χ0n) is 16.7. The van der Waals surface area contributed by atoms with Gasteiger partial charge in [-0.25, -0.2) is 4.98 Å². The number of anilines is 4. The molecular formula is C23H22F3IN4. The molecule has 1 aliphatic rings. The number of nitrogens with one attached hydrogen (secondary N) is 2. The summed E-state index contributed by atoms with van der Waals surface area (Å²) in [6.45, 7) is 0. The van der Waals surface area contributed by atoms with E-state index in [-0.39, 0.29) is 11.8 Å². The zero-order valence-corrected chi connectivity index (χ0v) is 18.9. The average Bonchev–Trinajstić information content (AvgIpc) is 2.74. The molecule has 4 nitrogen and oxygen atoms in total. The third kappa shape index (κ3) is 5.66. The predicted octanol–water partition coefficient (Wildman–Crippen LogP) is 7.63. The van der Waals surface area contributed by atoms with Crippen LogP contribution in [-0.4, -0.2) is 9.97 Å². The largest absolute Gasteiger partial charge is 0.421 e. The Morgan fingerprint density at radius 3 is 2.32 bits per heavy atom. The summed E-state index contributed by atoms with van der Waals surface area (Å²) in [6.07, 6.45) is 2.50. The lowest BCUT2D eigenvalue weighted by Crippen LogP contribution is -2.12. The van der Waals surface area contributed by atoms with Gasteiger partial charge in [-0.3, -0.25) is 0 Å². The van der Waals surface area contributed by atoms with Gasteiger partial charge in [-0.1, -0.05) is 37.5 Å². The molecule has 0 unspecified atom stereocenters. The molecule has 0 spiro atoms. The maximum atomic E-state index is 13.5. The second-order valence-corrected chi connectivity index (χ2v) is 8.92. The molecule has 1 heterocycles. The number of benzene rings is 2. The number of aromatic nitrogens is 2. The van der Waals surface area contributed by atoms with Crippen molar-refractivity contribution in [1.82, 2.24) is 9.97 Å². The molecule has 1 aliphatic carbocycles. The molecule has 162 valence electrons. The molecule has 0 aliphatic heterocycles. The lowest BCUT2D eigenvalue weighted by atomic mass is 9.84. The molecule has 0 atom stereocenters. The highest BCUT2D eigenvalue weighted by Crippen LogP contribution is 2.36. The van der Waals surface area contributed by atoms with Gasteiger partial charge in [0, 0.05) is 21.1 Å². The Hall–Kier alpha value is -2.36. The molecule has 2 aromatic carbocycles. The fourth-order valence-corrected chi connectivity index (χ4v) is 4.39. The smallest absolute Gasteiger partial charge is 0.340 e. The first-order valence-electron chi connectivity index (χ1n) is 10.2. The molecule has 0 amide bonds. The molecule has 31 heavy (non-hydrogen) atoms. The van der Waals surface area contributed by atoms with Crippen molar-refractivity contribution in [3.8, 4) is 0 Å². The Morgan fingerprint density at radius 1 is 0.903 bits per heavy atom. The summed E-state index contributed by atoms with van der Waals surface area (Å²) in [5.74, 6) is 0.409. The molecule has 2 N–H and O–H groups in total. The molecular weight excluding hydrogens is 516 g/mol. The maximum Gasteiger partial charge on any atom is 0.421 e. The van der Waals surface area contributed by atoms with Gasteiger partial charge in [-0.2, -0.15) is 18.2 Å². The minimum Gasteiger partial charge on any atom is -0.340 e. The molecule has 0 saturated heterocycles. The number of nitrogens with zero attached hydrogens (tertiary/aromatic N) is 2. The summed E-state index contributed by atoms with van der Waals surface area (Å²) >= 11 is 2.11. The third-order valence-corrected chi connectivity index (χ3v) is 6.10. The third-order valence-electron chi connectivity index (χ3n) is 5.42. The van der Waals surface area contributed by atoms with Crippen molar-refractivity contribution in [2.24, 2.45) is 0 Å². The van der Waals surface area contributed by atoms with E-state index in [0.29, 0.717) is 11.6 Å². The second-order valence-electron chi connectivity index (χ2n) is 7.67. The first-order valence-corrected chi connectivity index (χ1v) is 11.3. The molecule has 0 radical (unpaired) electrons. The van der Waals surface area contributed by atoms with E-state index in [4.69, 9.17) is 0 Å². The first-order chi connectivity index (χ1) is 14.9. The van der Waals surface area contributed by atoms with E-state index in [1.807, 2.05) is 18.2 Å². The number of hydrogen-bond donors (Lipinski definition) is 2. The Kier molecular flexibility index (Phi) is 6.64. The van der Waals surface area contributed by atoms with Crippen molar-refractivity contribution in [2.45, 2.75) is 44.2 Å². The molecule has 0 bridgehead atoms. The molecule has 1 saturated carbocycles. The molecule has 1 fully saturated rings. The zero-order chi connectivity index (χ0) is 21.8. The van der Waals surface area contributed by atoms with Crippen LogP contribution < -0.4 is 10.6 Å². The summed E-state index contributed by atoms with van der Waals surface area (Å²) in [5, 5.41) is 5.80. The summed E-state index contributed by atoms with van der Waals surface area (Å²) < 4.78 is 41.3. The van der Waals surface area contributed by atoms with Crippen molar-refractivity contribution in [3.05, 3.63) is 69.4 Å². The average molecular weight is 538 g/mol. The van der Waals surface area contributed by atoms with Gasteiger partial charge in [0.15, 0.2) is 0 Å². The number of halogens is 4. The van der Waals surface area contributed by atoms with Gasteiger partial charge < -0.3 is 10.6 Å². The van der Waals surface area contributed by atoms with E-state index < -0.39 is 11.7 Å². The van der Waals surface area contributed by atoms with Crippen molar-refractivity contribution in [1.29, 1.82) is 0 Å². The molecule has 3 aromatic rings. The van der Waals surface area contributed by atoms with Crippen LogP contribution in [0.5, 0.6) is 0 Å². The number of rotatable bonds is 5. The van der Waals surface area contributed by atoms with Crippen LogP contribution in [0.3, 0.4) is 0 Å². The van der Waals surface area contributed by atoms with Gasteiger partial charge in [-0.15, -0.1) is 0 Å². The predicted molar refractivity (Wildman–Crippen MR) is 125 cm³/mol. The topological polar surface area (TPSA) is 49.8 Å². The van der Waals surface area contributed by atoms with Crippen molar-refractivity contribution in [3.63, 3.8) is 0 Å². The van der Waals surface area contributed by atoms with Crippen LogP contribution in [0, 0.1) is 3.57 Å². The van der Waals surface area contributed by atoms with Crippen LogP contribution >= 0.6 is 22.6 Å². The van der Waals surface area contributed by atoms with Gasteiger partial charge in [0.1, 0.15) is 11.4 Å². The number of hydrogen-bond acceptors (Lipinski definition) is 4. The van der Waals surface area contributed by atoms with Gasteiger partial charge in [0.2, 0.25) is 5.95 Å². The molecule has 8 heteroatoms. The quantitative estimate of drug-likeness (QED) is 0.328. The van der Waals surface area contributed by atoms with E-state index in [2.05, 4.69) is 55.3 Å². The van der Waals surface area contributed by atoms with E-state index in [1.54, 1.807) is 18.2 Å². The summed E-state index contributed by atoms with van der Waals surface area (Å²) in [4.78, 5) is 8.00. The minimum absolute atomic E-state index is 0.103. The summed E-state index contributed by atoms with van der Waals surface area (Å²) in [5.41, 5.74) is 1.66. The van der Waals surface area contributed by atoms with Gasteiger partial charge in [0.05, 0.1) is 0 Å². The molecule has 1 aromatic heterocycles. The Balaban J connectivity index is 1.55. The lowest BCUT2D eigenvalue weighted by molar-refractivity contribution is -0.137. The Labute approximate surface area is 192 Å². The van der Waals surface area contributed by atoms with Crippen molar-refractivity contribution in [2.75, 3.05) is 10.6 Å². The van der Waals surface area contributed by atoms with Crippen LogP contribution in [0.2, 0.25) is 0 Å². The van der Waals surface area contributed by atoms with E-state index >= 15 is 0 Å². The van der Waals surface area contributed by atoms with E-state index in [0.717, 1.165) is 15.5 Å². The van der Waals surface area contributed by atoms with Crippen LogP contribution in [0.1, 0.15) is 49.1 Å². The van der Waals surface area contributed by atoms with Crippen LogP contribution in [0.25, 0.3) is 0 Å². The van der Waals surface area contributed by atoms with Gasteiger partial charge in [-0.05, 0) is 77.2 Å². The fourth-order valence-electron chi connectivity index (χ4n) is 3.85. The standard InChI is InChI=1S/C23H22F3IN4/c24-23(25,26)20-14-28-22(31-21(20)29-19-8-4-7-17(27)13-19)30-18-11-9-16(10-12-18)15-5-2-1-3-6-15/h4,7-15H,1-3,5-6H2,(H2,28,29,30,31). The Morgan fingerprint density at radius 2 is 1.65 bits per heavy atom. The summed E-state index contributed by atoms with van der Waals surface area (Å²) in [6, 6.07) is 15.1. The maximum absolute atomic E-state index is 13.5. The number of alkyl halides is 3. The van der Waals surface area contributed by atoms with E-state index in [9.17, 15) is 13.2 Å². The van der Waals surface area contributed by atoms with Crippen molar-refractivity contribution < 1.29 is 13.2 Å². The SMILES string of the molecule is FC(F)(F)c1cnc(Nc2ccc(C3CCCCC3)cc2)nc1Nc1cccc(I)c1. The highest BCUT2D eigenvalue weighted by Gasteiger charge is 2.35. The van der Waals surface area contributed by atoms with Crippen molar-refractivity contribution >= 4 is 45.7 Å². The van der Waals surface area contributed by atoms with E-state index in [1.165, 1.54) is 37.7 Å². The second kappa shape index (κ2) is 9.42. The van der Waals surface area contributed by atoms with Crippen LogP contribution in [0.15, 0.2) is 54.7 Å². The lowest BCUT2D eigenvalue weighted by Gasteiger charge is -2.22.